The first-order valence-corrected chi connectivity index (χ1v) is 6.03. The molecule has 7 heteroatoms. The maximum Gasteiger partial charge on any atom is 0.328 e. The van der Waals surface area contributed by atoms with Crippen molar-refractivity contribution in [1.29, 1.82) is 0 Å². The van der Waals surface area contributed by atoms with Gasteiger partial charge in [0, 0.05) is 19.7 Å². The van der Waals surface area contributed by atoms with E-state index >= 15 is 0 Å². The molecule has 1 aliphatic heterocycles. The zero-order valence-electron chi connectivity index (χ0n) is 10.4. The van der Waals surface area contributed by atoms with Gasteiger partial charge in [-0.25, -0.2) is 9.59 Å². The van der Waals surface area contributed by atoms with Gasteiger partial charge >= 0.3 is 12.0 Å². The average molecular weight is 260 g/mol. The van der Waals surface area contributed by atoms with Crippen molar-refractivity contribution in [2.24, 2.45) is 5.92 Å². The Kier molecular flexibility index (Phi) is 5.36. The van der Waals surface area contributed by atoms with Crippen molar-refractivity contribution < 1.29 is 24.9 Å². The highest BCUT2D eigenvalue weighted by atomic mass is 16.4. The van der Waals surface area contributed by atoms with Crippen LogP contribution in [0.5, 0.6) is 0 Å². The van der Waals surface area contributed by atoms with Crippen LogP contribution in [0.3, 0.4) is 0 Å². The Hall–Kier alpha value is -1.34. The summed E-state index contributed by atoms with van der Waals surface area (Å²) in [5.74, 6) is -1.000. The van der Waals surface area contributed by atoms with Gasteiger partial charge in [-0.2, -0.15) is 0 Å². The van der Waals surface area contributed by atoms with Crippen LogP contribution in [0, 0.1) is 5.92 Å². The molecule has 0 bridgehead atoms. The molecule has 0 radical (unpaired) electrons. The average Bonchev–Trinajstić information content (AvgIpc) is 2.73. The molecule has 0 aliphatic carbocycles. The largest absolute Gasteiger partial charge is 0.480 e. The molecule has 7 nitrogen and oxygen atoms in total. The Morgan fingerprint density at radius 1 is 1.50 bits per heavy atom. The summed E-state index contributed by atoms with van der Waals surface area (Å²) in [7, 11) is 0. The Morgan fingerprint density at radius 3 is 2.67 bits per heavy atom. The monoisotopic (exact) mass is 260 g/mol. The number of carboxylic acid groups (broad SMARTS) is 1. The zero-order chi connectivity index (χ0) is 13.7. The predicted molar refractivity (Wildman–Crippen MR) is 63.0 cm³/mol. The second-order valence-electron chi connectivity index (χ2n) is 4.62. The highest BCUT2D eigenvalue weighted by Gasteiger charge is 2.30. The van der Waals surface area contributed by atoms with Crippen molar-refractivity contribution in [2.45, 2.75) is 31.9 Å². The predicted octanol–water partition coefficient (Wildman–Crippen LogP) is -0.766. The number of nitrogens with one attached hydrogen (secondary N) is 1. The lowest BCUT2D eigenvalue weighted by Gasteiger charge is -2.22. The van der Waals surface area contributed by atoms with E-state index in [1.165, 1.54) is 11.8 Å². The van der Waals surface area contributed by atoms with Gasteiger partial charge in [0.2, 0.25) is 0 Å². The van der Waals surface area contributed by atoms with Gasteiger partial charge in [-0.05, 0) is 25.7 Å². The number of urea groups is 1. The molecule has 2 amide bonds. The number of nitrogens with zero attached hydrogens (tertiary/aromatic N) is 1. The molecule has 104 valence electrons. The maximum absolute atomic E-state index is 11.8. The number of likely N-dealkylation sites (tertiary alicyclic amines) is 1. The number of carbonyl (C=O) groups is 2. The number of amides is 2. The fourth-order valence-electron chi connectivity index (χ4n) is 2.05. The lowest BCUT2D eigenvalue weighted by Crippen LogP contribution is -2.51. The number of carbonyl (C=O) groups excluding carboxylic acids is 1. The molecule has 1 unspecified atom stereocenters. The van der Waals surface area contributed by atoms with Crippen molar-refractivity contribution in [3.8, 4) is 0 Å². The molecule has 4 N–H and O–H groups in total. The van der Waals surface area contributed by atoms with Gasteiger partial charge in [0.05, 0.1) is 6.10 Å². The van der Waals surface area contributed by atoms with E-state index < -0.39 is 24.1 Å². The topological polar surface area (TPSA) is 110 Å². The lowest BCUT2D eigenvalue weighted by atomic mass is 10.1. The second-order valence-corrected chi connectivity index (χ2v) is 4.62. The summed E-state index contributed by atoms with van der Waals surface area (Å²) >= 11 is 0. The molecule has 3 atom stereocenters. The molecule has 0 saturated carbocycles. The SMILES string of the molecule is C[C@@H](O)[C@H](NC(=O)N1CCC(CCO)C1)C(=O)O. The zero-order valence-corrected chi connectivity index (χ0v) is 10.4. The lowest BCUT2D eigenvalue weighted by molar-refractivity contribution is -0.141. The van der Waals surface area contributed by atoms with Gasteiger partial charge in [-0.1, -0.05) is 0 Å². The molecule has 0 aromatic carbocycles. The number of carboxylic acids is 1. The third-order valence-corrected chi connectivity index (χ3v) is 3.14. The standard InChI is InChI=1S/C11H20N2O5/c1-7(15)9(10(16)17)12-11(18)13-4-2-8(6-13)3-5-14/h7-9,14-15H,2-6H2,1H3,(H,12,18)(H,16,17)/t7-,8?,9+/m1/s1. The van der Waals surface area contributed by atoms with Crippen molar-refractivity contribution >= 4 is 12.0 Å². The molecular formula is C11H20N2O5. The van der Waals surface area contributed by atoms with Crippen LogP contribution in [-0.2, 0) is 4.79 Å². The molecule has 1 fully saturated rings. The highest BCUT2D eigenvalue weighted by molar-refractivity contribution is 5.83. The third-order valence-electron chi connectivity index (χ3n) is 3.14. The molecule has 1 saturated heterocycles. The van der Waals surface area contributed by atoms with Crippen molar-refractivity contribution in [3.05, 3.63) is 0 Å². The molecule has 1 heterocycles. The Morgan fingerprint density at radius 2 is 2.17 bits per heavy atom. The van der Waals surface area contributed by atoms with Gasteiger partial charge in [-0.3, -0.25) is 0 Å². The number of hydrogen-bond acceptors (Lipinski definition) is 4. The first-order valence-electron chi connectivity index (χ1n) is 6.03. The summed E-state index contributed by atoms with van der Waals surface area (Å²) in [5, 5.41) is 29.2. The second kappa shape index (κ2) is 6.55. The number of rotatable bonds is 5. The summed E-state index contributed by atoms with van der Waals surface area (Å²) in [6.07, 6.45) is 0.297. The number of aliphatic carboxylic acids is 1. The number of hydrogen-bond donors (Lipinski definition) is 4. The van der Waals surface area contributed by atoms with Crippen LogP contribution in [0.25, 0.3) is 0 Å². The van der Waals surface area contributed by atoms with Crippen molar-refractivity contribution in [1.82, 2.24) is 10.2 Å². The molecule has 0 aromatic rings. The van der Waals surface area contributed by atoms with E-state index in [1.54, 1.807) is 0 Å². The molecule has 0 spiro atoms. The van der Waals surface area contributed by atoms with Crippen LogP contribution in [0.15, 0.2) is 0 Å². The third kappa shape index (κ3) is 3.85. The minimum Gasteiger partial charge on any atom is -0.480 e. The van der Waals surface area contributed by atoms with E-state index in [0.717, 1.165) is 6.42 Å². The minimum absolute atomic E-state index is 0.0888. The quantitative estimate of drug-likeness (QED) is 0.519. The molecule has 0 aromatic heterocycles. The maximum atomic E-state index is 11.8. The molecular weight excluding hydrogens is 240 g/mol. The summed E-state index contributed by atoms with van der Waals surface area (Å²) in [5.41, 5.74) is 0. The fraction of sp³-hybridized carbons (Fsp3) is 0.818. The van der Waals surface area contributed by atoms with Gasteiger partial charge in [0.15, 0.2) is 6.04 Å². The van der Waals surface area contributed by atoms with E-state index in [9.17, 15) is 14.7 Å². The van der Waals surface area contributed by atoms with Crippen LogP contribution in [0.4, 0.5) is 4.79 Å². The van der Waals surface area contributed by atoms with Crippen LogP contribution >= 0.6 is 0 Å². The van der Waals surface area contributed by atoms with Crippen molar-refractivity contribution in [3.63, 3.8) is 0 Å². The van der Waals surface area contributed by atoms with Gasteiger partial charge in [-0.15, -0.1) is 0 Å². The molecule has 18 heavy (non-hydrogen) atoms. The Labute approximate surface area is 105 Å². The number of aliphatic hydroxyl groups excluding tert-OH is 2. The molecule has 1 aliphatic rings. The Bertz CT molecular complexity index is 308. The van der Waals surface area contributed by atoms with Crippen molar-refractivity contribution in [2.75, 3.05) is 19.7 Å². The van der Waals surface area contributed by atoms with Crippen LogP contribution in [0.1, 0.15) is 19.8 Å². The molecule has 1 rings (SSSR count). The summed E-state index contributed by atoms with van der Waals surface area (Å²) in [6.45, 7) is 2.46. The minimum atomic E-state index is -1.30. The smallest absolute Gasteiger partial charge is 0.328 e. The normalized spacial score (nSPS) is 22.6. The number of aliphatic hydroxyl groups is 2. The van der Waals surface area contributed by atoms with E-state index in [-0.39, 0.29) is 12.5 Å². The van der Waals surface area contributed by atoms with Gasteiger partial charge in [0.25, 0.3) is 0 Å². The van der Waals surface area contributed by atoms with Gasteiger partial charge < -0.3 is 25.5 Å². The first-order chi connectivity index (χ1) is 8.45. The van der Waals surface area contributed by atoms with E-state index in [4.69, 9.17) is 10.2 Å². The van der Waals surface area contributed by atoms with E-state index in [1.807, 2.05) is 0 Å². The van der Waals surface area contributed by atoms with E-state index in [2.05, 4.69) is 5.32 Å². The van der Waals surface area contributed by atoms with Crippen LogP contribution in [0.2, 0.25) is 0 Å². The Balaban J connectivity index is 2.48. The summed E-state index contributed by atoms with van der Waals surface area (Å²) < 4.78 is 0. The summed E-state index contributed by atoms with van der Waals surface area (Å²) in [4.78, 5) is 24.1. The summed E-state index contributed by atoms with van der Waals surface area (Å²) in [6, 6.07) is -1.78. The van der Waals surface area contributed by atoms with Gasteiger partial charge in [0.1, 0.15) is 0 Å². The van der Waals surface area contributed by atoms with E-state index in [0.29, 0.717) is 19.5 Å². The first kappa shape index (κ1) is 14.7. The highest BCUT2D eigenvalue weighted by Crippen LogP contribution is 2.19. The fourth-order valence-corrected chi connectivity index (χ4v) is 2.05. The van der Waals surface area contributed by atoms with Crippen LogP contribution < -0.4 is 5.32 Å². The van der Waals surface area contributed by atoms with Crippen LogP contribution in [-0.4, -0.2) is 64.1 Å².